The molecule has 0 radical (unpaired) electrons. The second-order valence-corrected chi connectivity index (χ2v) is 8.92. The van der Waals surface area contributed by atoms with Crippen LogP contribution in [-0.4, -0.2) is 56.3 Å². The van der Waals surface area contributed by atoms with Crippen molar-refractivity contribution in [3.05, 3.63) is 83.7 Å². The molecule has 2 fully saturated rings. The van der Waals surface area contributed by atoms with E-state index in [1.807, 2.05) is 24.5 Å². The molecule has 31 heavy (non-hydrogen) atoms. The van der Waals surface area contributed by atoms with Crippen LogP contribution < -0.4 is 0 Å². The first-order valence-corrected chi connectivity index (χ1v) is 11.4. The third-order valence-electron chi connectivity index (χ3n) is 6.89. The van der Waals surface area contributed by atoms with E-state index in [0.717, 1.165) is 43.6 Å². The zero-order valence-electron chi connectivity index (χ0n) is 18.1. The minimum absolute atomic E-state index is 0.0437. The van der Waals surface area contributed by atoms with Crippen molar-refractivity contribution in [2.24, 2.45) is 0 Å². The van der Waals surface area contributed by atoms with E-state index in [2.05, 4.69) is 55.8 Å². The second kappa shape index (κ2) is 8.89. The number of piperazine rings is 1. The maximum absolute atomic E-state index is 13.7. The Bertz CT molecular complexity index is 983. The van der Waals surface area contributed by atoms with Crippen LogP contribution in [0.15, 0.2) is 60.9 Å². The maximum atomic E-state index is 13.7. The zero-order valence-corrected chi connectivity index (χ0v) is 18.1. The third kappa shape index (κ3) is 4.27. The second-order valence-electron chi connectivity index (χ2n) is 8.92. The highest BCUT2D eigenvalue weighted by Gasteiger charge is 2.36. The first-order valence-electron chi connectivity index (χ1n) is 11.4. The molecule has 2 aliphatic rings. The van der Waals surface area contributed by atoms with Gasteiger partial charge in [0, 0.05) is 31.7 Å². The Hall–Kier alpha value is -2.57. The van der Waals surface area contributed by atoms with Crippen molar-refractivity contribution in [1.82, 2.24) is 24.6 Å². The van der Waals surface area contributed by atoms with Gasteiger partial charge in [-0.05, 0) is 43.0 Å². The molecule has 1 saturated carbocycles. The van der Waals surface area contributed by atoms with Gasteiger partial charge < -0.3 is 4.57 Å². The molecule has 0 bridgehead atoms. The summed E-state index contributed by atoms with van der Waals surface area (Å²) < 4.78 is 15.8. The summed E-state index contributed by atoms with van der Waals surface area (Å²) in [5, 5.41) is 8.82. The van der Waals surface area contributed by atoms with Crippen LogP contribution in [0.1, 0.15) is 49.2 Å². The van der Waals surface area contributed by atoms with Gasteiger partial charge in [0.15, 0.2) is 5.82 Å². The predicted molar refractivity (Wildman–Crippen MR) is 119 cm³/mol. The highest BCUT2D eigenvalue weighted by atomic mass is 19.1. The lowest BCUT2D eigenvalue weighted by atomic mass is 9.89. The van der Waals surface area contributed by atoms with Gasteiger partial charge >= 0.3 is 0 Å². The van der Waals surface area contributed by atoms with E-state index < -0.39 is 0 Å². The van der Waals surface area contributed by atoms with Gasteiger partial charge in [0.05, 0.1) is 12.6 Å². The fraction of sp³-hybridized carbons (Fsp3) is 0.440. The molecule has 1 unspecified atom stereocenters. The first kappa shape index (κ1) is 20.3. The standard InChI is InChI=1S/C25H30FN5/c1-19-16-29(14-15-31(19)23-8-5-9-23)24(21-10-12-22(26)13-11-21)25-28-27-18-30(25)17-20-6-3-2-4-7-20/h2-4,6-7,10-13,18-19,23-24H,5,8-9,14-17H2,1H3/t19-,24?/m1/s1. The predicted octanol–water partition coefficient (Wildman–Crippen LogP) is 4.11. The molecular weight excluding hydrogens is 389 g/mol. The molecule has 0 spiro atoms. The fourth-order valence-electron chi connectivity index (χ4n) is 5.04. The number of nitrogens with zero attached hydrogens (tertiary/aromatic N) is 5. The van der Waals surface area contributed by atoms with E-state index in [1.165, 1.54) is 24.8 Å². The van der Waals surface area contributed by atoms with Gasteiger partial charge in [0.2, 0.25) is 0 Å². The van der Waals surface area contributed by atoms with E-state index in [1.54, 1.807) is 12.1 Å². The largest absolute Gasteiger partial charge is 0.311 e. The Morgan fingerprint density at radius 3 is 2.48 bits per heavy atom. The van der Waals surface area contributed by atoms with Crippen LogP contribution in [0.3, 0.4) is 0 Å². The van der Waals surface area contributed by atoms with Gasteiger partial charge in [-0.1, -0.05) is 48.9 Å². The minimum atomic E-state index is -0.212. The van der Waals surface area contributed by atoms with Crippen LogP contribution in [-0.2, 0) is 6.54 Å². The van der Waals surface area contributed by atoms with Crippen molar-refractivity contribution < 1.29 is 4.39 Å². The summed E-state index contributed by atoms with van der Waals surface area (Å²) in [6.45, 7) is 6.06. The molecule has 2 heterocycles. The zero-order chi connectivity index (χ0) is 21.2. The highest BCUT2D eigenvalue weighted by Crippen LogP contribution is 2.33. The smallest absolute Gasteiger partial charge is 0.155 e. The van der Waals surface area contributed by atoms with Crippen molar-refractivity contribution in [3.8, 4) is 0 Å². The molecule has 5 rings (SSSR count). The summed E-state index contributed by atoms with van der Waals surface area (Å²) in [5.74, 6) is 0.705. The molecule has 6 heteroatoms. The molecular formula is C25H30FN5. The summed E-state index contributed by atoms with van der Waals surface area (Å²) in [7, 11) is 0. The summed E-state index contributed by atoms with van der Waals surface area (Å²) in [6.07, 6.45) is 5.83. The van der Waals surface area contributed by atoms with Gasteiger partial charge in [0.25, 0.3) is 0 Å². The van der Waals surface area contributed by atoms with Gasteiger partial charge in [-0.25, -0.2) is 4.39 Å². The normalized spacial score (nSPS) is 21.7. The summed E-state index contributed by atoms with van der Waals surface area (Å²) in [4.78, 5) is 5.18. The average molecular weight is 420 g/mol. The van der Waals surface area contributed by atoms with Crippen LogP contribution in [0, 0.1) is 5.82 Å². The van der Waals surface area contributed by atoms with Crippen molar-refractivity contribution >= 4 is 0 Å². The summed E-state index contributed by atoms with van der Waals surface area (Å²) >= 11 is 0. The van der Waals surface area contributed by atoms with Crippen molar-refractivity contribution in [1.29, 1.82) is 0 Å². The molecule has 0 N–H and O–H groups in total. The number of rotatable bonds is 6. The Labute approximate surface area is 183 Å². The Balaban J connectivity index is 1.45. The topological polar surface area (TPSA) is 37.2 Å². The van der Waals surface area contributed by atoms with Gasteiger partial charge in [0.1, 0.15) is 12.1 Å². The number of hydrogen-bond donors (Lipinski definition) is 0. The molecule has 2 aromatic carbocycles. The summed E-state index contributed by atoms with van der Waals surface area (Å²) in [5.41, 5.74) is 2.28. The average Bonchev–Trinajstić information content (AvgIpc) is 3.18. The molecule has 2 atom stereocenters. The number of aromatic nitrogens is 3. The van der Waals surface area contributed by atoms with Crippen LogP contribution in [0.2, 0.25) is 0 Å². The van der Waals surface area contributed by atoms with Crippen LogP contribution in [0.4, 0.5) is 4.39 Å². The fourth-order valence-corrected chi connectivity index (χ4v) is 5.04. The molecule has 0 amide bonds. The van der Waals surface area contributed by atoms with E-state index in [4.69, 9.17) is 0 Å². The van der Waals surface area contributed by atoms with Gasteiger partial charge in [-0.3, -0.25) is 9.80 Å². The lowest BCUT2D eigenvalue weighted by Gasteiger charge is -2.48. The first-order chi connectivity index (χ1) is 15.2. The molecule has 1 aliphatic heterocycles. The Morgan fingerprint density at radius 2 is 1.81 bits per heavy atom. The van der Waals surface area contributed by atoms with E-state index in [0.29, 0.717) is 6.04 Å². The molecule has 1 aromatic heterocycles. The highest BCUT2D eigenvalue weighted by molar-refractivity contribution is 5.27. The minimum Gasteiger partial charge on any atom is -0.311 e. The molecule has 1 saturated heterocycles. The van der Waals surface area contributed by atoms with Crippen LogP contribution in [0.25, 0.3) is 0 Å². The van der Waals surface area contributed by atoms with Crippen molar-refractivity contribution in [3.63, 3.8) is 0 Å². The quantitative estimate of drug-likeness (QED) is 0.603. The van der Waals surface area contributed by atoms with Crippen molar-refractivity contribution in [2.75, 3.05) is 19.6 Å². The van der Waals surface area contributed by atoms with E-state index >= 15 is 0 Å². The summed E-state index contributed by atoms with van der Waals surface area (Å²) in [6, 6.07) is 18.5. The lowest BCUT2D eigenvalue weighted by Crippen LogP contribution is -2.57. The van der Waals surface area contributed by atoms with Crippen LogP contribution >= 0.6 is 0 Å². The number of hydrogen-bond acceptors (Lipinski definition) is 4. The monoisotopic (exact) mass is 419 g/mol. The Kier molecular flexibility index (Phi) is 5.83. The SMILES string of the molecule is C[C@@H]1CN(C(c2ccc(F)cc2)c2nncn2Cc2ccccc2)CCN1C1CCC1. The number of benzene rings is 2. The van der Waals surface area contributed by atoms with Crippen molar-refractivity contribution in [2.45, 2.75) is 50.9 Å². The molecule has 3 aromatic rings. The van der Waals surface area contributed by atoms with Crippen LogP contribution in [0.5, 0.6) is 0 Å². The third-order valence-corrected chi connectivity index (χ3v) is 6.89. The molecule has 1 aliphatic carbocycles. The van der Waals surface area contributed by atoms with E-state index in [-0.39, 0.29) is 11.9 Å². The molecule has 162 valence electrons. The number of halogens is 1. The maximum Gasteiger partial charge on any atom is 0.155 e. The Morgan fingerprint density at radius 1 is 1.03 bits per heavy atom. The van der Waals surface area contributed by atoms with Gasteiger partial charge in [-0.2, -0.15) is 0 Å². The van der Waals surface area contributed by atoms with E-state index in [9.17, 15) is 4.39 Å². The van der Waals surface area contributed by atoms with Gasteiger partial charge in [-0.15, -0.1) is 10.2 Å². The molecule has 5 nitrogen and oxygen atoms in total. The lowest BCUT2D eigenvalue weighted by molar-refractivity contribution is 0.00806.